The molecule has 0 bridgehead atoms. The highest BCUT2D eigenvalue weighted by atomic mass is 31.2. The van der Waals surface area contributed by atoms with Crippen LogP contribution < -0.4 is 0 Å². The van der Waals surface area contributed by atoms with Crippen LogP contribution in [0.3, 0.4) is 0 Å². The number of aliphatic hydroxyl groups is 1. The molecule has 0 heterocycles. The van der Waals surface area contributed by atoms with Crippen molar-refractivity contribution in [1.29, 1.82) is 0 Å². The van der Waals surface area contributed by atoms with Crippen LogP contribution in [0.2, 0.25) is 0 Å². The molecule has 0 saturated carbocycles. The Labute approximate surface area is 556 Å². The summed E-state index contributed by atoms with van der Waals surface area (Å²) in [6.07, 6.45) is 52.9. The van der Waals surface area contributed by atoms with E-state index in [1.165, 1.54) is 199 Å². The molecule has 0 aromatic rings. The van der Waals surface area contributed by atoms with E-state index < -0.39 is 97.5 Å². The van der Waals surface area contributed by atoms with Crippen LogP contribution in [0.1, 0.15) is 375 Å². The Kier molecular flexibility index (Phi) is 64.0. The maximum atomic E-state index is 13.0. The highest BCUT2D eigenvalue weighted by Crippen LogP contribution is 2.45. The molecule has 0 aromatic carbocycles. The molecule has 0 saturated heterocycles. The quantitative estimate of drug-likeness (QED) is 0.0222. The number of aliphatic hydroxyl groups excluding tert-OH is 1. The van der Waals surface area contributed by atoms with Crippen molar-refractivity contribution in [2.75, 3.05) is 39.6 Å². The molecular weight excluding hydrogens is 1200 g/mol. The van der Waals surface area contributed by atoms with Gasteiger partial charge in [-0.2, -0.15) is 0 Å². The number of carbonyl (C=O) groups is 4. The van der Waals surface area contributed by atoms with Crippen molar-refractivity contribution in [2.45, 2.75) is 393 Å². The van der Waals surface area contributed by atoms with Crippen molar-refractivity contribution in [3.05, 3.63) is 0 Å². The average Bonchev–Trinajstić information content (AvgIpc) is 3.40. The summed E-state index contributed by atoms with van der Waals surface area (Å²) < 4.78 is 68.3. The van der Waals surface area contributed by atoms with Crippen molar-refractivity contribution in [1.82, 2.24) is 0 Å². The molecule has 0 aliphatic carbocycles. The first-order valence-electron chi connectivity index (χ1n) is 37.6. The summed E-state index contributed by atoms with van der Waals surface area (Å²) in [6, 6.07) is 0. The summed E-state index contributed by atoms with van der Waals surface area (Å²) >= 11 is 0. The summed E-state index contributed by atoms with van der Waals surface area (Å²) in [4.78, 5) is 72.5. The van der Waals surface area contributed by atoms with Crippen LogP contribution in [0, 0.1) is 5.92 Å². The van der Waals surface area contributed by atoms with Gasteiger partial charge in [0.1, 0.15) is 19.3 Å². The van der Waals surface area contributed by atoms with Crippen LogP contribution >= 0.6 is 15.6 Å². The van der Waals surface area contributed by atoms with E-state index in [9.17, 15) is 43.2 Å². The van der Waals surface area contributed by atoms with Gasteiger partial charge in [-0.25, -0.2) is 9.13 Å². The number of carbonyl (C=O) groups excluding carboxylic acids is 4. The lowest BCUT2D eigenvalue weighted by atomic mass is 10.0. The zero-order valence-electron chi connectivity index (χ0n) is 59.0. The van der Waals surface area contributed by atoms with Crippen LogP contribution in [0.15, 0.2) is 0 Å². The second-order valence-corrected chi connectivity index (χ2v) is 29.4. The van der Waals surface area contributed by atoms with Crippen LogP contribution in [-0.2, 0) is 65.4 Å². The van der Waals surface area contributed by atoms with E-state index in [2.05, 4.69) is 34.6 Å². The lowest BCUT2D eigenvalue weighted by molar-refractivity contribution is -0.161. The molecule has 0 aliphatic heterocycles. The second kappa shape index (κ2) is 65.4. The number of esters is 4. The predicted octanol–water partition coefficient (Wildman–Crippen LogP) is 20.9. The molecular formula is C72H140O17P2. The molecule has 540 valence electrons. The Balaban J connectivity index is 5.17. The Morgan fingerprint density at radius 2 is 0.505 bits per heavy atom. The van der Waals surface area contributed by atoms with Gasteiger partial charge in [-0.1, -0.05) is 324 Å². The molecule has 0 fully saturated rings. The van der Waals surface area contributed by atoms with Crippen LogP contribution in [0.4, 0.5) is 0 Å². The Morgan fingerprint density at radius 1 is 0.297 bits per heavy atom. The summed E-state index contributed by atoms with van der Waals surface area (Å²) in [5, 5.41) is 10.6. The first kappa shape index (κ1) is 89.1. The Morgan fingerprint density at radius 3 is 0.747 bits per heavy atom. The molecule has 0 radical (unpaired) electrons. The van der Waals surface area contributed by atoms with Gasteiger partial charge in [0.2, 0.25) is 0 Å². The van der Waals surface area contributed by atoms with E-state index in [0.717, 1.165) is 89.9 Å². The number of unbranched alkanes of at least 4 members (excludes halogenated alkanes) is 44. The van der Waals surface area contributed by atoms with Gasteiger partial charge in [0.25, 0.3) is 0 Å². The lowest BCUT2D eigenvalue weighted by Gasteiger charge is -2.21. The van der Waals surface area contributed by atoms with Gasteiger partial charge >= 0.3 is 39.5 Å². The molecule has 17 nitrogen and oxygen atoms in total. The third kappa shape index (κ3) is 66.5. The molecule has 0 rings (SSSR count). The fraction of sp³-hybridized carbons (Fsp3) is 0.944. The Bertz CT molecular complexity index is 1750. The van der Waals surface area contributed by atoms with E-state index in [-0.39, 0.29) is 25.7 Å². The van der Waals surface area contributed by atoms with Crippen molar-refractivity contribution in [3.8, 4) is 0 Å². The molecule has 0 spiro atoms. The SMILES string of the molecule is CCCCCCCCCCCCCCCCCCCCCCC(=O)O[C@H](COC(=O)CCCCCCCCCCCCCC)COP(=O)(O)OC[C@@H](O)COP(=O)(O)OC[C@@H](COC(=O)CCCCCCCCCCC)OC(=O)CCCCCCCCCC(C)C. The van der Waals surface area contributed by atoms with Gasteiger partial charge in [0.05, 0.1) is 26.4 Å². The minimum Gasteiger partial charge on any atom is -0.462 e. The topological polar surface area (TPSA) is 237 Å². The zero-order chi connectivity index (χ0) is 67.0. The minimum absolute atomic E-state index is 0.104. The summed E-state index contributed by atoms with van der Waals surface area (Å²) in [7, 11) is -9.90. The number of phosphoric acid groups is 2. The first-order valence-corrected chi connectivity index (χ1v) is 40.6. The van der Waals surface area contributed by atoms with Gasteiger partial charge in [-0.3, -0.25) is 37.3 Å². The highest BCUT2D eigenvalue weighted by Gasteiger charge is 2.30. The third-order valence-electron chi connectivity index (χ3n) is 16.8. The fourth-order valence-electron chi connectivity index (χ4n) is 11.0. The van der Waals surface area contributed by atoms with E-state index in [4.69, 9.17) is 37.0 Å². The van der Waals surface area contributed by atoms with Gasteiger partial charge in [0, 0.05) is 25.7 Å². The summed E-state index contributed by atoms with van der Waals surface area (Å²) in [5.74, 6) is -1.43. The maximum absolute atomic E-state index is 13.0. The molecule has 2 unspecified atom stereocenters. The first-order chi connectivity index (χ1) is 44.0. The number of rotatable bonds is 72. The monoisotopic (exact) mass is 1340 g/mol. The third-order valence-corrected chi connectivity index (χ3v) is 18.7. The molecule has 0 aliphatic rings. The van der Waals surface area contributed by atoms with Gasteiger partial charge in [-0.15, -0.1) is 0 Å². The average molecular weight is 1340 g/mol. The van der Waals surface area contributed by atoms with E-state index >= 15 is 0 Å². The largest absolute Gasteiger partial charge is 0.472 e. The smallest absolute Gasteiger partial charge is 0.462 e. The lowest BCUT2D eigenvalue weighted by Crippen LogP contribution is -2.30. The second-order valence-electron chi connectivity index (χ2n) is 26.5. The van der Waals surface area contributed by atoms with Crippen molar-refractivity contribution in [2.24, 2.45) is 5.92 Å². The molecule has 0 aromatic heterocycles. The fourth-order valence-corrected chi connectivity index (χ4v) is 12.6. The molecule has 91 heavy (non-hydrogen) atoms. The van der Waals surface area contributed by atoms with E-state index in [0.29, 0.717) is 31.6 Å². The van der Waals surface area contributed by atoms with E-state index in [1.807, 2.05) is 0 Å². The van der Waals surface area contributed by atoms with Crippen LogP contribution in [0.5, 0.6) is 0 Å². The summed E-state index contributed by atoms with van der Waals surface area (Å²) in [5.41, 5.74) is 0. The maximum Gasteiger partial charge on any atom is 0.472 e. The predicted molar refractivity (Wildman–Crippen MR) is 368 cm³/mol. The number of hydrogen-bond acceptors (Lipinski definition) is 15. The standard InChI is InChI=1S/C72H140O17P2/c1-6-9-12-15-18-21-23-25-26-27-28-29-30-31-32-34-37-42-47-52-57-71(76)88-67(61-83-70(75)56-51-46-41-36-33-24-22-19-16-13-10-7-2)63-86-90(78,79)84-59-66(73)60-85-91(80,81)87-64-68(62-82-69(74)55-50-45-40-35-20-17-14-11-8-3)89-72(77)58-53-48-43-38-39-44-49-54-65(4)5/h65-68,73H,6-64H2,1-5H3,(H,78,79)(H,80,81)/t66-,67-,68-/m1/s1. The van der Waals surface area contributed by atoms with Crippen LogP contribution in [0.25, 0.3) is 0 Å². The Hall–Kier alpha value is -1.94. The van der Waals surface area contributed by atoms with E-state index in [1.54, 1.807) is 0 Å². The molecule has 5 atom stereocenters. The summed E-state index contributed by atoms with van der Waals surface area (Å²) in [6.45, 7) is 7.18. The normalized spacial score (nSPS) is 14.0. The van der Waals surface area contributed by atoms with Crippen molar-refractivity contribution >= 4 is 39.5 Å². The zero-order valence-corrected chi connectivity index (χ0v) is 60.8. The van der Waals surface area contributed by atoms with Crippen molar-refractivity contribution in [3.63, 3.8) is 0 Å². The van der Waals surface area contributed by atoms with Crippen LogP contribution in [-0.4, -0.2) is 96.7 Å². The van der Waals surface area contributed by atoms with Crippen molar-refractivity contribution < 1.29 is 80.2 Å². The molecule has 19 heteroatoms. The number of hydrogen-bond donors (Lipinski definition) is 3. The molecule has 3 N–H and O–H groups in total. The highest BCUT2D eigenvalue weighted by molar-refractivity contribution is 7.47. The van der Waals surface area contributed by atoms with Gasteiger partial charge in [0.15, 0.2) is 12.2 Å². The van der Waals surface area contributed by atoms with Gasteiger partial charge < -0.3 is 33.8 Å². The van der Waals surface area contributed by atoms with Gasteiger partial charge in [-0.05, 0) is 31.6 Å². The number of phosphoric ester groups is 2. The number of ether oxygens (including phenoxy) is 4. The molecule has 0 amide bonds. The minimum atomic E-state index is -4.95.